The Kier molecular flexibility index (Phi) is 10.3. The number of fused-ring (bicyclic) bond motifs is 1. The number of rotatable bonds is 9. The van der Waals surface area contributed by atoms with Crippen LogP contribution in [0.2, 0.25) is 0 Å². The van der Waals surface area contributed by atoms with Crippen LogP contribution in [0.15, 0.2) is 36.4 Å². The van der Waals surface area contributed by atoms with E-state index in [1.807, 2.05) is 17.0 Å². The highest BCUT2D eigenvalue weighted by molar-refractivity contribution is 5.85. The minimum Gasteiger partial charge on any atom is -0.493 e. The van der Waals surface area contributed by atoms with Crippen molar-refractivity contribution in [1.82, 2.24) is 9.80 Å². The molecular weight excluding hydrogens is 448 g/mol. The average Bonchev–Trinajstić information content (AvgIpc) is 2.94. The molecule has 1 heterocycles. The Labute approximate surface area is 211 Å². The summed E-state index contributed by atoms with van der Waals surface area (Å²) in [5, 5.41) is 0. The standard InChI is InChI=1S/C28H40N2O3.ClH/c1-28(2,3)24-10-8-21(9-11-24)12-16-29(4)14-7-15-30-17-13-22-18-25(32-5)26(33-6)19-23(22)20-27(30)31;/h8-11,18-19H,7,12-17,20H2,1-6H3;1H. The minimum absolute atomic E-state index is 0. The van der Waals surface area contributed by atoms with Gasteiger partial charge in [-0.2, -0.15) is 0 Å². The molecule has 2 aromatic rings. The highest BCUT2D eigenvalue weighted by Crippen LogP contribution is 2.32. The average molecular weight is 489 g/mol. The molecule has 0 aromatic heterocycles. The van der Waals surface area contributed by atoms with Gasteiger partial charge in [-0.1, -0.05) is 45.0 Å². The first kappa shape index (κ1) is 28.0. The highest BCUT2D eigenvalue weighted by Gasteiger charge is 2.22. The van der Waals surface area contributed by atoms with E-state index in [0.717, 1.165) is 56.8 Å². The van der Waals surface area contributed by atoms with Crippen molar-refractivity contribution in [1.29, 1.82) is 0 Å². The quantitative estimate of drug-likeness (QED) is 0.502. The molecule has 188 valence electrons. The van der Waals surface area contributed by atoms with Crippen LogP contribution in [-0.2, 0) is 29.5 Å². The van der Waals surface area contributed by atoms with Gasteiger partial charge in [-0.05, 0) is 72.7 Å². The van der Waals surface area contributed by atoms with Crippen molar-refractivity contribution < 1.29 is 14.3 Å². The fourth-order valence-corrected chi connectivity index (χ4v) is 4.39. The van der Waals surface area contributed by atoms with Crippen LogP contribution >= 0.6 is 12.4 Å². The largest absolute Gasteiger partial charge is 0.493 e. The van der Waals surface area contributed by atoms with E-state index in [0.29, 0.717) is 12.2 Å². The van der Waals surface area contributed by atoms with Gasteiger partial charge in [0, 0.05) is 19.6 Å². The van der Waals surface area contributed by atoms with E-state index in [1.54, 1.807) is 14.2 Å². The fourth-order valence-electron chi connectivity index (χ4n) is 4.39. The molecule has 0 N–H and O–H groups in total. The number of ether oxygens (including phenoxy) is 2. The SMILES string of the molecule is COc1cc2c(cc1OC)CC(=O)N(CCCN(C)CCc1ccc(C(C)(C)C)cc1)CC2.Cl. The van der Waals surface area contributed by atoms with Crippen molar-refractivity contribution in [2.24, 2.45) is 0 Å². The Hall–Kier alpha value is -2.24. The summed E-state index contributed by atoms with van der Waals surface area (Å²) in [6.07, 6.45) is 3.30. The van der Waals surface area contributed by atoms with Crippen molar-refractivity contribution in [3.63, 3.8) is 0 Å². The molecule has 6 heteroatoms. The van der Waals surface area contributed by atoms with Crippen LogP contribution in [0.3, 0.4) is 0 Å². The summed E-state index contributed by atoms with van der Waals surface area (Å²) < 4.78 is 10.9. The van der Waals surface area contributed by atoms with Gasteiger partial charge in [-0.15, -0.1) is 12.4 Å². The normalized spacial score (nSPS) is 13.9. The Morgan fingerprint density at radius 3 is 2.18 bits per heavy atom. The summed E-state index contributed by atoms with van der Waals surface area (Å²) in [5.41, 5.74) is 5.18. The summed E-state index contributed by atoms with van der Waals surface area (Å²) in [4.78, 5) is 17.2. The van der Waals surface area contributed by atoms with Gasteiger partial charge in [0.05, 0.1) is 20.6 Å². The molecule has 0 saturated heterocycles. The van der Waals surface area contributed by atoms with Gasteiger partial charge in [-0.25, -0.2) is 0 Å². The molecule has 0 radical (unpaired) electrons. The molecule has 0 atom stereocenters. The lowest BCUT2D eigenvalue weighted by Crippen LogP contribution is -2.35. The fraction of sp³-hybridized carbons (Fsp3) is 0.536. The number of nitrogens with zero attached hydrogens (tertiary/aromatic N) is 2. The maximum absolute atomic E-state index is 12.9. The summed E-state index contributed by atoms with van der Waals surface area (Å²) in [6.45, 7) is 10.3. The number of carbonyl (C=O) groups excluding carboxylic acids is 1. The Morgan fingerprint density at radius 1 is 0.971 bits per heavy atom. The molecule has 0 unspecified atom stereocenters. The number of methoxy groups -OCH3 is 2. The van der Waals surface area contributed by atoms with Crippen molar-refractivity contribution in [2.45, 2.75) is 51.9 Å². The number of likely N-dealkylation sites (N-methyl/N-ethyl adjacent to an activating group) is 1. The van der Waals surface area contributed by atoms with Gasteiger partial charge < -0.3 is 19.3 Å². The summed E-state index contributed by atoms with van der Waals surface area (Å²) in [6, 6.07) is 13.0. The number of hydrogen-bond donors (Lipinski definition) is 0. The zero-order chi connectivity index (χ0) is 24.0. The van der Waals surface area contributed by atoms with Crippen LogP contribution in [0.4, 0.5) is 0 Å². The maximum Gasteiger partial charge on any atom is 0.227 e. The third kappa shape index (κ3) is 7.38. The number of carbonyl (C=O) groups is 1. The monoisotopic (exact) mass is 488 g/mol. The summed E-state index contributed by atoms with van der Waals surface area (Å²) in [7, 11) is 5.45. The summed E-state index contributed by atoms with van der Waals surface area (Å²) in [5.74, 6) is 1.61. The van der Waals surface area contributed by atoms with Crippen molar-refractivity contribution in [3.8, 4) is 11.5 Å². The second kappa shape index (κ2) is 12.5. The van der Waals surface area contributed by atoms with E-state index in [-0.39, 0.29) is 23.7 Å². The Morgan fingerprint density at radius 2 is 1.59 bits per heavy atom. The van der Waals surface area contributed by atoms with E-state index in [9.17, 15) is 4.79 Å². The smallest absolute Gasteiger partial charge is 0.227 e. The van der Waals surface area contributed by atoms with Gasteiger partial charge in [0.1, 0.15) is 0 Å². The van der Waals surface area contributed by atoms with Gasteiger partial charge in [0.2, 0.25) is 5.91 Å². The Balaban J connectivity index is 0.00000408. The number of hydrogen-bond acceptors (Lipinski definition) is 4. The molecule has 0 saturated carbocycles. The number of benzene rings is 2. The molecule has 3 rings (SSSR count). The lowest BCUT2D eigenvalue weighted by molar-refractivity contribution is -0.130. The summed E-state index contributed by atoms with van der Waals surface area (Å²) >= 11 is 0. The van der Waals surface area contributed by atoms with Gasteiger partial charge in [0.25, 0.3) is 0 Å². The molecule has 0 aliphatic carbocycles. The highest BCUT2D eigenvalue weighted by atomic mass is 35.5. The first-order valence-corrected chi connectivity index (χ1v) is 12.0. The van der Waals surface area contributed by atoms with E-state index in [1.165, 1.54) is 16.7 Å². The Bertz CT molecular complexity index is 938. The molecular formula is C28H41ClN2O3. The number of amides is 1. The van der Waals surface area contributed by atoms with Crippen LogP contribution in [0.5, 0.6) is 11.5 Å². The van der Waals surface area contributed by atoms with E-state index < -0.39 is 0 Å². The van der Waals surface area contributed by atoms with Gasteiger partial charge in [0.15, 0.2) is 11.5 Å². The lowest BCUT2D eigenvalue weighted by atomic mass is 9.86. The molecule has 0 fully saturated rings. The van der Waals surface area contributed by atoms with Crippen LogP contribution in [0.1, 0.15) is 49.4 Å². The molecule has 2 aromatic carbocycles. The molecule has 1 aliphatic rings. The molecule has 34 heavy (non-hydrogen) atoms. The van der Waals surface area contributed by atoms with Crippen LogP contribution < -0.4 is 9.47 Å². The lowest BCUT2D eigenvalue weighted by Gasteiger charge is -2.23. The van der Waals surface area contributed by atoms with Crippen molar-refractivity contribution >= 4 is 18.3 Å². The predicted molar refractivity (Wildman–Crippen MR) is 142 cm³/mol. The second-order valence-corrected chi connectivity index (χ2v) is 10.1. The van der Waals surface area contributed by atoms with Crippen molar-refractivity contribution in [2.75, 3.05) is 47.4 Å². The zero-order valence-electron chi connectivity index (χ0n) is 21.6. The van der Waals surface area contributed by atoms with E-state index in [2.05, 4.69) is 57.0 Å². The molecule has 0 bridgehead atoms. The van der Waals surface area contributed by atoms with E-state index >= 15 is 0 Å². The molecule has 1 amide bonds. The third-order valence-corrected chi connectivity index (χ3v) is 6.62. The number of halogens is 1. The zero-order valence-corrected chi connectivity index (χ0v) is 22.5. The van der Waals surface area contributed by atoms with E-state index in [4.69, 9.17) is 9.47 Å². The molecule has 0 spiro atoms. The second-order valence-electron chi connectivity index (χ2n) is 10.1. The van der Waals surface area contributed by atoms with Gasteiger partial charge in [-0.3, -0.25) is 4.79 Å². The van der Waals surface area contributed by atoms with Crippen LogP contribution in [0, 0.1) is 0 Å². The van der Waals surface area contributed by atoms with Crippen molar-refractivity contribution in [3.05, 3.63) is 58.7 Å². The van der Waals surface area contributed by atoms with Gasteiger partial charge >= 0.3 is 0 Å². The molecule has 1 aliphatic heterocycles. The first-order valence-electron chi connectivity index (χ1n) is 12.0. The molecule has 5 nitrogen and oxygen atoms in total. The maximum atomic E-state index is 12.9. The topological polar surface area (TPSA) is 42.0 Å². The minimum atomic E-state index is 0. The van der Waals surface area contributed by atoms with Crippen LogP contribution in [0.25, 0.3) is 0 Å². The third-order valence-electron chi connectivity index (χ3n) is 6.62. The first-order chi connectivity index (χ1) is 15.7. The predicted octanol–water partition coefficient (Wildman–Crippen LogP) is 4.91. The van der Waals surface area contributed by atoms with Crippen LogP contribution in [-0.4, -0.2) is 63.2 Å².